The summed E-state index contributed by atoms with van der Waals surface area (Å²) < 4.78 is 0. The van der Waals surface area contributed by atoms with Crippen LogP contribution >= 0.6 is 0 Å². The van der Waals surface area contributed by atoms with E-state index >= 15 is 0 Å². The number of carboxylic acid groups (broad SMARTS) is 9. The van der Waals surface area contributed by atoms with E-state index in [-0.39, 0.29) is 57.3 Å². The Morgan fingerprint density at radius 2 is 1.04 bits per heavy atom. The predicted octanol–water partition coefficient (Wildman–Crippen LogP) is 5.08. The summed E-state index contributed by atoms with van der Waals surface area (Å²) in [5, 5.41) is 72.4. The normalized spacial score (nSPS) is 9.76. The van der Waals surface area contributed by atoms with Crippen LogP contribution in [0.3, 0.4) is 0 Å². The van der Waals surface area contributed by atoms with Gasteiger partial charge in [0.25, 0.3) is 0 Å². The molecule has 19 nitrogen and oxygen atoms in total. The second kappa shape index (κ2) is 49.5. The van der Waals surface area contributed by atoms with Crippen molar-refractivity contribution in [3.8, 4) is 0 Å². The summed E-state index contributed by atoms with van der Waals surface area (Å²) in [5.41, 5.74) is 5.00. The fraction of sp³-hybridized carbons (Fsp3) is 0.571. The standard InChI is InChI=1S/C5H9NO4.C5H8O4.2C5H10O2.3C5H8O2/c6-3(5(9)10)1-2-4(7)8;6-4(7)2-1-3-5(8)9;1-4(2)3-5(6)7;4*1-2-3-4-5(6)7/h3H,1-2,6H2,(H,7,8)(H,9,10);1-3H2,(H,6,7)(H,8,9);4H,3H2,1-2H3,(H,6,7);2-4H2,1H3,(H,6,7);3-4H,2H2,1H3,(H,6,7);2-3H,4H2,1H3,(H,6,7);2H,1,3-4H2,(H,6,7). The van der Waals surface area contributed by atoms with Crippen LogP contribution < -0.4 is 5.73 Å². The SMILES string of the molecule is C=CCCC(=O)O.CC(C)CC(=O)O.CC=CCC(=O)O.CCC=CC(=O)O.CCCCC(=O)O.NC(CCC(=O)O)C(=O)O.O=C(O)CCCC(=O)O. The quantitative estimate of drug-likeness (QED) is 0.0568. The molecule has 1 atom stereocenters. The summed E-state index contributed by atoms with van der Waals surface area (Å²) in [6.07, 6.45) is 11.5. The number of hydrogen-bond acceptors (Lipinski definition) is 10. The summed E-state index contributed by atoms with van der Waals surface area (Å²) in [7, 11) is 0. The van der Waals surface area contributed by atoms with Gasteiger partial charge in [0.05, 0.1) is 6.42 Å². The molecular formula is C35H61NO18. The molecule has 1 unspecified atom stereocenters. The van der Waals surface area contributed by atoms with Crippen LogP contribution in [0.4, 0.5) is 0 Å². The molecule has 54 heavy (non-hydrogen) atoms. The third-order valence-corrected chi connectivity index (χ3v) is 4.68. The van der Waals surface area contributed by atoms with Crippen LogP contribution in [0.1, 0.15) is 118 Å². The van der Waals surface area contributed by atoms with Crippen LogP contribution in [0, 0.1) is 5.92 Å². The van der Waals surface area contributed by atoms with Gasteiger partial charge in [-0.3, -0.25) is 38.4 Å². The highest BCUT2D eigenvalue weighted by Crippen LogP contribution is 1.97. The molecule has 0 amide bonds. The zero-order chi connectivity index (χ0) is 44.1. The lowest BCUT2D eigenvalue weighted by Crippen LogP contribution is -2.30. The maximum atomic E-state index is 9.99. The molecule has 314 valence electrons. The van der Waals surface area contributed by atoms with Crippen molar-refractivity contribution in [3.05, 3.63) is 37.0 Å². The van der Waals surface area contributed by atoms with Crippen molar-refractivity contribution in [3.63, 3.8) is 0 Å². The van der Waals surface area contributed by atoms with E-state index in [1.165, 1.54) is 0 Å². The maximum Gasteiger partial charge on any atom is 0.327 e. The second-order valence-corrected chi connectivity index (χ2v) is 10.5. The molecule has 0 saturated heterocycles. The predicted molar refractivity (Wildman–Crippen MR) is 197 cm³/mol. The highest BCUT2D eigenvalue weighted by molar-refractivity contribution is 5.79. The van der Waals surface area contributed by atoms with Gasteiger partial charge in [-0.2, -0.15) is 0 Å². The molecule has 19 heteroatoms. The lowest BCUT2D eigenvalue weighted by molar-refractivity contribution is -0.141. The first-order valence-electron chi connectivity index (χ1n) is 16.5. The molecule has 0 radical (unpaired) electrons. The van der Waals surface area contributed by atoms with Crippen molar-refractivity contribution in [2.24, 2.45) is 11.7 Å². The molecule has 0 aromatic rings. The number of carboxylic acids is 9. The van der Waals surface area contributed by atoms with Crippen molar-refractivity contribution >= 4 is 53.7 Å². The fourth-order valence-electron chi connectivity index (χ4n) is 2.13. The molecule has 0 saturated carbocycles. The van der Waals surface area contributed by atoms with E-state index in [4.69, 9.17) is 51.7 Å². The zero-order valence-corrected chi connectivity index (χ0v) is 31.7. The number of unbranched alkanes of at least 4 members (excludes halogenated alkanes) is 1. The summed E-state index contributed by atoms with van der Waals surface area (Å²) in [4.78, 5) is 88.1. The van der Waals surface area contributed by atoms with Crippen molar-refractivity contribution < 1.29 is 89.1 Å². The van der Waals surface area contributed by atoms with Crippen LogP contribution in [0.25, 0.3) is 0 Å². The average Bonchev–Trinajstić information content (AvgIpc) is 3.04. The molecule has 11 N–H and O–H groups in total. The topological polar surface area (TPSA) is 362 Å². The van der Waals surface area contributed by atoms with Crippen LogP contribution in [0.15, 0.2) is 37.0 Å². The largest absolute Gasteiger partial charge is 0.481 e. The number of rotatable bonds is 20. The minimum absolute atomic E-state index is 0.0231. The van der Waals surface area contributed by atoms with E-state index < -0.39 is 59.8 Å². The molecule has 0 aliphatic heterocycles. The second-order valence-electron chi connectivity index (χ2n) is 10.5. The lowest BCUT2D eigenvalue weighted by atomic mass is 10.1. The molecule has 0 aliphatic rings. The number of hydrogen-bond donors (Lipinski definition) is 10. The molecule has 0 bridgehead atoms. The van der Waals surface area contributed by atoms with E-state index in [0.29, 0.717) is 12.8 Å². The fourth-order valence-corrected chi connectivity index (χ4v) is 2.13. The number of aliphatic carboxylic acids is 9. The van der Waals surface area contributed by atoms with Gasteiger partial charge in [0.2, 0.25) is 0 Å². The first-order valence-corrected chi connectivity index (χ1v) is 16.5. The Morgan fingerprint density at radius 3 is 1.20 bits per heavy atom. The molecule has 0 heterocycles. The van der Waals surface area contributed by atoms with Gasteiger partial charge in [-0.1, -0.05) is 58.4 Å². The van der Waals surface area contributed by atoms with E-state index in [9.17, 15) is 43.2 Å². The van der Waals surface area contributed by atoms with Crippen LogP contribution in [-0.2, 0) is 43.2 Å². The van der Waals surface area contributed by atoms with Gasteiger partial charge in [-0.05, 0) is 44.9 Å². The molecule has 0 aromatic carbocycles. The van der Waals surface area contributed by atoms with Crippen molar-refractivity contribution in [1.82, 2.24) is 0 Å². The number of carbonyl (C=O) groups is 9. The first-order chi connectivity index (χ1) is 24.9. The highest BCUT2D eigenvalue weighted by Gasteiger charge is 2.12. The minimum atomic E-state index is -1.17. The Labute approximate surface area is 315 Å². The van der Waals surface area contributed by atoms with E-state index in [1.807, 2.05) is 27.7 Å². The van der Waals surface area contributed by atoms with Crippen molar-refractivity contribution in [2.45, 2.75) is 124 Å². The van der Waals surface area contributed by atoms with Crippen LogP contribution in [-0.4, -0.2) is 106 Å². The summed E-state index contributed by atoms with van der Waals surface area (Å²) in [5.74, 6) is -7.64. The third-order valence-electron chi connectivity index (χ3n) is 4.68. The Kier molecular flexibility index (Phi) is 58.2. The summed E-state index contributed by atoms with van der Waals surface area (Å²) in [6.45, 7) is 12.8. The van der Waals surface area contributed by atoms with E-state index in [1.54, 1.807) is 31.2 Å². The van der Waals surface area contributed by atoms with Crippen LogP contribution in [0.5, 0.6) is 0 Å². The van der Waals surface area contributed by atoms with Gasteiger partial charge in [0, 0.05) is 44.6 Å². The van der Waals surface area contributed by atoms with Crippen molar-refractivity contribution in [1.29, 1.82) is 0 Å². The van der Waals surface area contributed by atoms with E-state index in [0.717, 1.165) is 25.3 Å². The monoisotopic (exact) mass is 783 g/mol. The molecule has 0 aliphatic carbocycles. The Bertz CT molecular complexity index is 1100. The van der Waals surface area contributed by atoms with Gasteiger partial charge < -0.3 is 51.7 Å². The molecule has 0 fully saturated rings. The Morgan fingerprint density at radius 1 is 0.611 bits per heavy atom. The Hall–Kier alpha value is -5.59. The van der Waals surface area contributed by atoms with Gasteiger partial charge in [-0.25, -0.2) is 4.79 Å². The lowest BCUT2D eigenvalue weighted by Gasteiger charge is -2.01. The van der Waals surface area contributed by atoms with Crippen molar-refractivity contribution in [2.75, 3.05) is 0 Å². The summed E-state index contributed by atoms with van der Waals surface area (Å²) >= 11 is 0. The van der Waals surface area contributed by atoms with Gasteiger partial charge in [-0.15, -0.1) is 6.58 Å². The first kappa shape index (κ1) is 63.5. The van der Waals surface area contributed by atoms with Gasteiger partial charge in [0.15, 0.2) is 0 Å². The molecule has 0 aromatic heterocycles. The Balaban J connectivity index is -0.0000000959. The molecule has 0 rings (SSSR count). The maximum absolute atomic E-state index is 9.99. The average molecular weight is 784 g/mol. The minimum Gasteiger partial charge on any atom is -0.481 e. The molecule has 0 spiro atoms. The third kappa shape index (κ3) is 111. The van der Waals surface area contributed by atoms with Gasteiger partial charge >= 0.3 is 53.7 Å². The van der Waals surface area contributed by atoms with Gasteiger partial charge in [0.1, 0.15) is 6.04 Å². The highest BCUT2D eigenvalue weighted by atomic mass is 16.4. The smallest absolute Gasteiger partial charge is 0.327 e. The van der Waals surface area contributed by atoms with E-state index in [2.05, 4.69) is 6.58 Å². The summed E-state index contributed by atoms with van der Waals surface area (Å²) in [6, 6.07) is -1.06. The number of nitrogens with two attached hydrogens (primary N) is 1. The zero-order valence-electron chi connectivity index (χ0n) is 31.7. The van der Waals surface area contributed by atoms with Crippen LogP contribution in [0.2, 0.25) is 0 Å². The molecular weight excluding hydrogens is 722 g/mol. The number of allylic oxidation sites excluding steroid dienone is 3.